The minimum Gasteiger partial charge on any atom is -0.382 e. The third-order valence-electron chi connectivity index (χ3n) is 1.93. The molecule has 0 radical (unpaired) electrons. The van der Waals surface area contributed by atoms with Gasteiger partial charge < -0.3 is 5.11 Å². The molecule has 0 heterocycles. The minimum absolute atomic E-state index is 0.0263. The van der Waals surface area contributed by atoms with E-state index in [0.29, 0.717) is 0 Å². The smallest absolute Gasteiger partial charge is 0.119 e. The Kier molecular flexibility index (Phi) is 4.39. The lowest BCUT2D eigenvalue weighted by molar-refractivity contribution is 0.00278. The molecule has 1 nitrogen and oxygen atoms in total. The zero-order valence-corrected chi connectivity index (χ0v) is 9.63. The van der Waals surface area contributed by atoms with Crippen LogP contribution in [0.1, 0.15) is 20.8 Å². The van der Waals surface area contributed by atoms with Crippen LogP contribution in [0.2, 0.25) is 0 Å². The van der Waals surface area contributed by atoms with Crippen LogP contribution in [-0.2, 0) is 0 Å². The summed E-state index contributed by atoms with van der Waals surface area (Å²) in [6, 6.07) is 0. The van der Waals surface area contributed by atoms with Crippen molar-refractivity contribution in [2.24, 2.45) is 5.41 Å². The van der Waals surface area contributed by atoms with Crippen molar-refractivity contribution in [2.45, 2.75) is 26.4 Å². The van der Waals surface area contributed by atoms with E-state index in [9.17, 15) is 5.11 Å². The second-order valence-electron chi connectivity index (χ2n) is 3.70. The van der Waals surface area contributed by atoms with Gasteiger partial charge in [-0.25, -0.2) is 0 Å². The Morgan fingerprint density at radius 3 is 1.92 bits per heavy atom. The van der Waals surface area contributed by atoms with E-state index in [1.165, 1.54) is 0 Å². The minimum atomic E-state index is -1.25. The van der Waals surface area contributed by atoms with Crippen molar-refractivity contribution in [3.8, 4) is 0 Å². The molecule has 0 spiro atoms. The Balaban J connectivity index is 4.94. The summed E-state index contributed by atoms with van der Waals surface area (Å²) in [5.41, 5.74) is -0.537. The highest BCUT2D eigenvalue weighted by Gasteiger charge is 2.42. The van der Waals surface area contributed by atoms with Crippen LogP contribution in [0.5, 0.6) is 0 Å². The van der Waals surface area contributed by atoms with Crippen LogP contribution in [-0.4, -0.2) is 16.6 Å². The average molecular weight is 232 g/mol. The van der Waals surface area contributed by atoms with Crippen molar-refractivity contribution in [1.29, 1.82) is 0 Å². The fourth-order valence-electron chi connectivity index (χ4n) is 0.713. The molecule has 4 heteroatoms. The lowest BCUT2D eigenvalue weighted by Crippen LogP contribution is -2.45. The molecular weight excluding hydrogens is 218 g/mol. The fraction of sp³-hybridized carbons (Fsp3) is 0.750. The summed E-state index contributed by atoms with van der Waals surface area (Å²) in [6.07, 6.45) is 0. The van der Waals surface area contributed by atoms with Crippen LogP contribution < -0.4 is 0 Å². The molecule has 0 aromatic carbocycles. The summed E-state index contributed by atoms with van der Waals surface area (Å²) < 4.78 is 0. The van der Waals surface area contributed by atoms with Crippen molar-refractivity contribution in [1.82, 2.24) is 0 Å². The van der Waals surface area contributed by atoms with Gasteiger partial charge in [-0.15, -0.1) is 11.6 Å². The molecule has 0 fully saturated rings. The van der Waals surface area contributed by atoms with Crippen molar-refractivity contribution in [3.63, 3.8) is 0 Å². The van der Waals surface area contributed by atoms with E-state index >= 15 is 0 Å². The van der Waals surface area contributed by atoms with E-state index in [1.807, 2.05) is 20.8 Å². The van der Waals surface area contributed by atoms with Gasteiger partial charge in [0.25, 0.3) is 0 Å². The van der Waals surface area contributed by atoms with Gasteiger partial charge in [0.1, 0.15) is 5.60 Å². The SMILES string of the molecule is CC(C)(C)C(O)(CCl)/C(Cl)=C/Cl. The molecule has 1 atom stereocenters. The molecule has 0 saturated heterocycles. The highest BCUT2D eigenvalue weighted by Crippen LogP contribution is 2.39. The lowest BCUT2D eigenvalue weighted by atomic mass is 9.77. The molecule has 0 aliphatic carbocycles. The number of halogens is 3. The molecule has 1 N–H and O–H groups in total. The van der Waals surface area contributed by atoms with E-state index in [0.717, 1.165) is 5.54 Å². The number of hydrogen-bond donors (Lipinski definition) is 1. The first-order chi connectivity index (χ1) is 5.29. The number of hydrogen-bond acceptors (Lipinski definition) is 1. The molecule has 0 bridgehead atoms. The second-order valence-corrected chi connectivity index (χ2v) is 4.59. The van der Waals surface area contributed by atoms with Gasteiger partial charge in [-0.1, -0.05) is 44.0 Å². The van der Waals surface area contributed by atoms with Crippen molar-refractivity contribution >= 4 is 34.8 Å². The van der Waals surface area contributed by atoms with Gasteiger partial charge in [0.05, 0.1) is 10.9 Å². The summed E-state index contributed by atoms with van der Waals surface area (Å²) in [4.78, 5) is 0. The standard InChI is InChI=1S/C8H13Cl3O/c1-7(2,3)8(12,5-10)6(11)4-9/h4,12H,5H2,1-3H3/b6-4-. The summed E-state index contributed by atoms with van der Waals surface area (Å²) in [6.45, 7) is 5.54. The monoisotopic (exact) mass is 230 g/mol. The molecule has 0 amide bonds. The van der Waals surface area contributed by atoms with E-state index in [1.54, 1.807) is 0 Å². The molecule has 1 unspecified atom stereocenters. The highest BCUT2D eigenvalue weighted by atomic mass is 35.5. The van der Waals surface area contributed by atoms with Gasteiger partial charge in [-0.3, -0.25) is 0 Å². The molecule has 0 aliphatic rings. The Hall–Kier alpha value is 0.570. The quantitative estimate of drug-likeness (QED) is 0.723. The van der Waals surface area contributed by atoms with Crippen molar-refractivity contribution in [2.75, 3.05) is 5.88 Å². The maximum atomic E-state index is 10.0. The first kappa shape index (κ1) is 12.6. The number of aliphatic hydroxyl groups is 1. The van der Waals surface area contributed by atoms with Crippen LogP contribution in [0.15, 0.2) is 10.6 Å². The average Bonchev–Trinajstić information content (AvgIpc) is 1.99. The van der Waals surface area contributed by atoms with E-state index in [4.69, 9.17) is 34.8 Å². The maximum Gasteiger partial charge on any atom is 0.119 e. The van der Waals surface area contributed by atoms with Crippen LogP contribution in [0.25, 0.3) is 0 Å². The first-order valence-corrected chi connectivity index (χ1v) is 4.89. The normalized spacial score (nSPS) is 19.1. The second kappa shape index (κ2) is 4.19. The third-order valence-corrected chi connectivity index (χ3v) is 3.06. The molecule has 0 aromatic heterocycles. The Bertz CT molecular complexity index is 183. The molecule has 0 aromatic rings. The summed E-state index contributed by atoms with van der Waals surface area (Å²) in [5, 5.41) is 10.2. The largest absolute Gasteiger partial charge is 0.382 e. The van der Waals surface area contributed by atoms with Gasteiger partial charge in [-0.2, -0.15) is 0 Å². The summed E-state index contributed by atoms with van der Waals surface area (Å²) in [7, 11) is 0. The van der Waals surface area contributed by atoms with Crippen LogP contribution >= 0.6 is 34.8 Å². The van der Waals surface area contributed by atoms with Crippen LogP contribution in [0, 0.1) is 5.41 Å². The lowest BCUT2D eigenvalue weighted by Gasteiger charge is -2.38. The van der Waals surface area contributed by atoms with E-state index in [-0.39, 0.29) is 10.9 Å². The van der Waals surface area contributed by atoms with Crippen molar-refractivity contribution in [3.05, 3.63) is 10.6 Å². The van der Waals surface area contributed by atoms with E-state index in [2.05, 4.69) is 0 Å². The number of alkyl halides is 1. The van der Waals surface area contributed by atoms with Gasteiger partial charge >= 0.3 is 0 Å². The van der Waals surface area contributed by atoms with Gasteiger partial charge in [0, 0.05) is 5.54 Å². The molecule has 12 heavy (non-hydrogen) atoms. The Labute approximate surface area is 88.3 Å². The first-order valence-electron chi connectivity index (χ1n) is 3.54. The molecule has 0 saturated carbocycles. The highest BCUT2D eigenvalue weighted by molar-refractivity contribution is 6.37. The molecule has 0 rings (SSSR count). The predicted molar refractivity (Wildman–Crippen MR) is 54.9 cm³/mol. The van der Waals surface area contributed by atoms with Gasteiger partial charge in [0.2, 0.25) is 0 Å². The predicted octanol–water partition coefficient (Wildman–Crippen LogP) is 3.32. The number of rotatable bonds is 2. The third kappa shape index (κ3) is 2.29. The Morgan fingerprint density at radius 2 is 1.83 bits per heavy atom. The van der Waals surface area contributed by atoms with E-state index < -0.39 is 11.0 Å². The molecule has 72 valence electrons. The zero-order chi connectivity index (χ0) is 9.99. The zero-order valence-electron chi connectivity index (χ0n) is 7.37. The molecule has 0 aliphatic heterocycles. The van der Waals surface area contributed by atoms with Crippen molar-refractivity contribution < 1.29 is 5.11 Å². The Morgan fingerprint density at radius 1 is 1.42 bits per heavy atom. The topological polar surface area (TPSA) is 20.2 Å². The van der Waals surface area contributed by atoms with Crippen LogP contribution in [0.4, 0.5) is 0 Å². The fourth-order valence-corrected chi connectivity index (χ4v) is 1.86. The summed E-state index contributed by atoms with van der Waals surface area (Å²) >= 11 is 16.8. The van der Waals surface area contributed by atoms with Crippen LogP contribution in [0.3, 0.4) is 0 Å². The maximum absolute atomic E-state index is 10.0. The van der Waals surface area contributed by atoms with Gasteiger partial charge in [-0.05, 0) is 5.41 Å². The van der Waals surface area contributed by atoms with Gasteiger partial charge in [0.15, 0.2) is 0 Å². The molecular formula is C8H13Cl3O. The summed E-state index contributed by atoms with van der Waals surface area (Å²) in [5.74, 6) is 0.0263.